The maximum absolute atomic E-state index is 13.0. The van der Waals surface area contributed by atoms with E-state index in [4.69, 9.17) is 37.0 Å². The van der Waals surface area contributed by atoms with Crippen LogP contribution in [0.25, 0.3) is 0 Å². The van der Waals surface area contributed by atoms with E-state index in [1.807, 2.05) is 0 Å². The van der Waals surface area contributed by atoms with Crippen molar-refractivity contribution in [1.82, 2.24) is 0 Å². The Morgan fingerprint density at radius 2 is 0.527 bits per heavy atom. The normalized spacial score (nSPS) is 14.5. The number of hydrogen-bond acceptors (Lipinski definition) is 15. The third-order valence-electron chi connectivity index (χ3n) is 16.9. The fourth-order valence-electron chi connectivity index (χ4n) is 10.8. The number of phosphoric ester groups is 2. The van der Waals surface area contributed by atoms with Crippen molar-refractivity contribution in [3.8, 4) is 0 Å². The number of carbonyl (C=O) groups is 4. The lowest BCUT2D eigenvalue weighted by molar-refractivity contribution is -0.161. The van der Waals surface area contributed by atoms with E-state index in [2.05, 4.69) is 55.4 Å². The first-order valence-corrected chi connectivity index (χ1v) is 40.2. The van der Waals surface area contributed by atoms with Crippen LogP contribution in [0.15, 0.2) is 0 Å². The molecule has 0 aliphatic heterocycles. The molecule has 0 aromatic carbocycles. The van der Waals surface area contributed by atoms with Crippen LogP contribution >= 0.6 is 15.6 Å². The lowest BCUT2D eigenvalue weighted by Crippen LogP contribution is -2.30. The zero-order valence-electron chi connectivity index (χ0n) is 59.5. The Bertz CT molecular complexity index is 1800. The fraction of sp³-hybridized carbons (Fsp3) is 0.944. The van der Waals surface area contributed by atoms with Gasteiger partial charge in [-0.25, -0.2) is 9.13 Å². The summed E-state index contributed by atoms with van der Waals surface area (Å²) >= 11 is 0. The average Bonchev–Trinajstić information content (AvgIpc) is 3.32. The van der Waals surface area contributed by atoms with Gasteiger partial charge in [0.25, 0.3) is 0 Å². The SMILES string of the molecule is CCC(C)CCCCCCCCCCCCC(=O)OC[C@H](COP(=O)(O)OCC(O)COP(=O)(O)OC[C@@H](COC(=O)CCCCCCCCCCC(C)C)OC(=O)CCCCCCCCCCCCCC(C)C)OC(=O)CCCCCCCCCCCC(C)C. The van der Waals surface area contributed by atoms with Crippen LogP contribution in [0, 0.1) is 23.7 Å². The first-order valence-electron chi connectivity index (χ1n) is 37.2. The lowest BCUT2D eigenvalue weighted by atomic mass is 9.99. The number of aliphatic hydroxyl groups is 1. The van der Waals surface area contributed by atoms with Crippen LogP contribution in [0.4, 0.5) is 0 Å². The van der Waals surface area contributed by atoms with Gasteiger partial charge in [0.2, 0.25) is 0 Å². The van der Waals surface area contributed by atoms with Crippen molar-refractivity contribution in [2.75, 3.05) is 39.6 Å². The number of unbranched alkanes of at least 4 members (excludes halogenated alkanes) is 34. The highest BCUT2D eigenvalue weighted by Crippen LogP contribution is 2.45. The molecule has 0 aromatic heterocycles. The summed E-state index contributed by atoms with van der Waals surface area (Å²) in [5.74, 6) is 0.911. The number of phosphoric acid groups is 2. The molecule has 0 bridgehead atoms. The number of ether oxygens (including phenoxy) is 4. The van der Waals surface area contributed by atoms with E-state index in [-0.39, 0.29) is 25.7 Å². The molecule has 540 valence electrons. The van der Waals surface area contributed by atoms with Crippen LogP contribution in [0.2, 0.25) is 0 Å². The Morgan fingerprint density at radius 3 is 0.780 bits per heavy atom. The Hall–Kier alpha value is -1.94. The zero-order valence-corrected chi connectivity index (χ0v) is 61.3. The smallest absolute Gasteiger partial charge is 0.462 e. The van der Waals surface area contributed by atoms with Crippen molar-refractivity contribution >= 4 is 39.5 Å². The van der Waals surface area contributed by atoms with Crippen molar-refractivity contribution in [1.29, 1.82) is 0 Å². The molecule has 0 radical (unpaired) electrons. The molecule has 0 aromatic rings. The lowest BCUT2D eigenvalue weighted by Gasteiger charge is -2.21. The minimum Gasteiger partial charge on any atom is -0.462 e. The van der Waals surface area contributed by atoms with Crippen molar-refractivity contribution in [2.24, 2.45) is 23.7 Å². The first kappa shape index (κ1) is 89.1. The summed E-state index contributed by atoms with van der Waals surface area (Å²) in [6, 6.07) is 0. The van der Waals surface area contributed by atoms with Gasteiger partial charge in [0.05, 0.1) is 26.4 Å². The molecule has 0 amide bonds. The van der Waals surface area contributed by atoms with E-state index in [9.17, 15) is 43.2 Å². The summed E-state index contributed by atoms with van der Waals surface area (Å²) in [5, 5.41) is 10.6. The van der Waals surface area contributed by atoms with Crippen molar-refractivity contribution in [3.63, 3.8) is 0 Å². The molecule has 17 nitrogen and oxygen atoms in total. The second kappa shape index (κ2) is 61.6. The summed E-state index contributed by atoms with van der Waals surface area (Å²) in [4.78, 5) is 72.7. The van der Waals surface area contributed by atoms with Gasteiger partial charge in [0.1, 0.15) is 19.3 Å². The average molecular weight is 1340 g/mol. The molecule has 0 saturated heterocycles. The van der Waals surface area contributed by atoms with Gasteiger partial charge in [0.15, 0.2) is 12.2 Å². The molecule has 6 atom stereocenters. The number of esters is 4. The number of rotatable bonds is 69. The molecule has 0 saturated carbocycles. The van der Waals surface area contributed by atoms with Gasteiger partial charge in [-0.1, -0.05) is 306 Å². The van der Waals surface area contributed by atoms with Crippen LogP contribution < -0.4 is 0 Å². The zero-order chi connectivity index (χ0) is 67.5. The van der Waals surface area contributed by atoms with E-state index >= 15 is 0 Å². The van der Waals surface area contributed by atoms with Crippen LogP contribution in [0.3, 0.4) is 0 Å². The Morgan fingerprint density at radius 1 is 0.308 bits per heavy atom. The van der Waals surface area contributed by atoms with E-state index in [0.717, 1.165) is 114 Å². The third kappa shape index (κ3) is 65.1. The Kier molecular flexibility index (Phi) is 60.3. The third-order valence-corrected chi connectivity index (χ3v) is 18.8. The number of aliphatic hydroxyl groups excluding tert-OH is 1. The fourth-order valence-corrected chi connectivity index (χ4v) is 12.4. The Balaban J connectivity index is 5.27. The molecule has 0 heterocycles. The molecular weight excluding hydrogens is 1200 g/mol. The van der Waals surface area contributed by atoms with Gasteiger partial charge >= 0.3 is 39.5 Å². The quantitative estimate of drug-likeness (QED) is 0.0222. The van der Waals surface area contributed by atoms with Crippen LogP contribution in [-0.4, -0.2) is 96.7 Å². The van der Waals surface area contributed by atoms with Gasteiger partial charge in [-0.3, -0.25) is 37.3 Å². The summed E-state index contributed by atoms with van der Waals surface area (Å²) in [5.41, 5.74) is 0. The molecule has 0 fully saturated rings. The summed E-state index contributed by atoms with van der Waals surface area (Å²) < 4.78 is 68.4. The maximum Gasteiger partial charge on any atom is 0.472 e. The molecule has 91 heavy (non-hydrogen) atoms. The molecule has 3 N–H and O–H groups in total. The highest BCUT2D eigenvalue weighted by atomic mass is 31.2. The van der Waals surface area contributed by atoms with E-state index in [1.54, 1.807) is 0 Å². The van der Waals surface area contributed by atoms with E-state index in [1.165, 1.54) is 161 Å². The summed E-state index contributed by atoms with van der Waals surface area (Å²) in [6.07, 6.45) is 44.3. The van der Waals surface area contributed by atoms with Gasteiger partial charge in [-0.15, -0.1) is 0 Å². The highest BCUT2D eigenvalue weighted by molar-refractivity contribution is 7.47. The minimum absolute atomic E-state index is 0.105. The van der Waals surface area contributed by atoms with Crippen LogP contribution in [0.1, 0.15) is 357 Å². The topological polar surface area (TPSA) is 237 Å². The predicted molar refractivity (Wildman–Crippen MR) is 367 cm³/mol. The van der Waals surface area contributed by atoms with Crippen LogP contribution in [0.5, 0.6) is 0 Å². The summed E-state index contributed by atoms with van der Waals surface area (Å²) in [6.45, 7) is 14.1. The first-order chi connectivity index (χ1) is 43.6. The monoisotopic (exact) mass is 1340 g/mol. The molecular formula is C72H140O17P2. The van der Waals surface area contributed by atoms with Gasteiger partial charge in [-0.2, -0.15) is 0 Å². The number of carbonyl (C=O) groups excluding carboxylic acids is 4. The van der Waals surface area contributed by atoms with Gasteiger partial charge < -0.3 is 33.8 Å². The van der Waals surface area contributed by atoms with Crippen molar-refractivity contribution < 1.29 is 80.2 Å². The van der Waals surface area contributed by atoms with E-state index in [0.29, 0.717) is 25.7 Å². The molecule has 19 heteroatoms. The minimum atomic E-state index is -4.95. The standard InChI is InChI=1S/C72H140O17P2/c1-9-65(8)51-43-35-27-18-13-14-19-28-36-44-52-69(74)82-58-67(89-72(77)55-47-39-31-21-15-17-25-33-41-49-63(4)5)60-86-90(78,79)84-56-66(73)57-85-91(80,81)87-61-68(59-83-70(75)53-45-37-29-23-22-26-34-42-50-64(6)7)88-71(76)54-46-38-30-20-12-10-11-16-24-32-40-48-62(2)3/h62-68,73H,9-61H2,1-8H3,(H,78,79)(H,80,81)/t65?,66?,67-,68-/m1/s1. The molecule has 0 aliphatic carbocycles. The van der Waals surface area contributed by atoms with Crippen molar-refractivity contribution in [2.45, 2.75) is 375 Å². The van der Waals surface area contributed by atoms with Gasteiger partial charge in [-0.05, 0) is 49.4 Å². The van der Waals surface area contributed by atoms with Crippen molar-refractivity contribution in [3.05, 3.63) is 0 Å². The molecule has 0 aliphatic rings. The predicted octanol–water partition coefficient (Wildman–Crippen LogP) is 20.5. The number of hydrogen-bond donors (Lipinski definition) is 3. The van der Waals surface area contributed by atoms with Gasteiger partial charge in [0, 0.05) is 25.7 Å². The largest absolute Gasteiger partial charge is 0.472 e. The summed E-state index contributed by atoms with van der Waals surface area (Å²) in [7, 11) is -9.91. The van der Waals surface area contributed by atoms with Crippen LogP contribution in [-0.2, 0) is 65.4 Å². The second-order valence-corrected chi connectivity index (χ2v) is 30.6. The molecule has 0 rings (SSSR count). The Labute approximate surface area is 556 Å². The highest BCUT2D eigenvalue weighted by Gasteiger charge is 2.30. The molecule has 4 unspecified atom stereocenters. The molecule has 0 spiro atoms. The van der Waals surface area contributed by atoms with E-state index < -0.39 is 97.5 Å². The second-order valence-electron chi connectivity index (χ2n) is 27.6. The maximum atomic E-state index is 13.0.